The molecule has 2 rings (SSSR count). The van der Waals surface area contributed by atoms with Gasteiger partial charge in [0.1, 0.15) is 0 Å². The summed E-state index contributed by atoms with van der Waals surface area (Å²) in [5.41, 5.74) is 2.43. The van der Waals surface area contributed by atoms with Gasteiger partial charge in [0, 0.05) is 21.1 Å². The smallest absolute Gasteiger partial charge is 0 e. The van der Waals surface area contributed by atoms with Gasteiger partial charge in [0.2, 0.25) is 0 Å². The van der Waals surface area contributed by atoms with E-state index in [2.05, 4.69) is 65.8 Å². The summed E-state index contributed by atoms with van der Waals surface area (Å²) in [5.74, 6) is 2.83. The Kier molecular flexibility index (Phi) is 23.5. The molecule has 0 atom stereocenters. The van der Waals surface area contributed by atoms with Gasteiger partial charge in [-0.2, -0.15) is 113 Å². The van der Waals surface area contributed by atoms with Crippen LogP contribution >= 0.6 is 0 Å². The third-order valence-corrected chi connectivity index (χ3v) is 1.93. The van der Waals surface area contributed by atoms with E-state index in [1.165, 1.54) is 23.0 Å². The Bertz CT molecular complexity index is 383. The van der Waals surface area contributed by atoms with Crippen LogP contribution in [0.25, 0.3) is 0 Å². The van der Waals surface area contributed by atoms with Crippen LogP contribution in [0.15, 0.2) is 48.5 Å². The molecular formula is C23H34W-4. The summed E-state index contributed by atoms with van der Waals surface area (Å²) in [6.07, 6.45) is 0.918. The Balaban J connectivity index is -0.000000340. The first-order valence-electron chi connectivity index (χ1n) is 8.36. The molecule has 0 spiro atoms. The van der Waals surface area contributed by atoms with Crippen molar-refractivity contribution < 1.29 is 21.1 Å². The minimum Gasteiger partial charge on any atom is -0.323 e. The van der Waals surface area contributed by atoms with E-state index in [1.54, 1.807) is 0 Å². The third-order valence-electron chi connectivity index (χ3n) is 1.93. The van der Waals surface area contributed by atoms with E-state index >= 15 is 0 Å². The summed E-state index contributed by atoms with van der Waals surface area (Å²) < 4.78 is 0. The van der Waals surface area contributed by atoms with E-state index < -0.39 is 0 Å². The zero-order chi connectivity index (χ0) is 18.1. The number of hydrogen-bond donors (Lipinski definition) is 0. The van der Waals surface area contributed by atoms with Crippen LogP contribution in [0.2, 0.25) is 0 Å². The maximum Gasteiger partial charge on any atom is 0 e. The Morgan fingerprint density at radius 1 is 0.667 bits per heavy atom. The maximum absolute atomic E-state index is 3.20. The van der Waals surface area contributed by atoms with Crippen molar-refractivity contribution in [2.24, 2.45) is 0 Å². The standard InChI is InChI=1S/C13H10.2C4H9.C2H6.W/c1-3-7-12(8-4-1)11-13-9-5-2-6-10-13;2*1-4(2)3;1-2;/h1-7,9H,11H2;2*1-3H3;1-2H3;/q-2;2*-1;;. The Hall–Kier alpha value is -0.872. The van der Waals surface area contributed by atoms with Crippen molar-refractivity contribution >= 4 is 0 Å². The largest absolute Gasteiger partial charge is 0.323 e. The average molecular weight is 494 g/mol. The zero-order valence-electron chi connectivity index (χ0n) is 16.7. The summed E-state index contributed by atoms with van der Waals surface area (Å²) in [4.78, 5) is 0. The SMILES string of the molecule is CC.C[C-](C)C.C[C-](C)C.[W].[c-]1ccccc1Cc1[c-]cccc1. The monoisotopic (exact) mass is 494 g/mol. The summed E-state index contributed by atoms with van der Waals surface area (Å²) >= 11 is 0. The molecule has 0 aromatic heterocycles. The van der Waals surface area contributed by atoms with E-state index in [0.717, 1.165) is 6.42 Å². The van der Waals surface area contributed by atoms with Crippen molar-refractivity contribution in [1.82, 2.24) is 0 Å². The van der Waals surface area contributed by atoms with Crippen LogP contribution in [-0.2, 0) is 27.5 Å². The van der Waals surface area contributed by atoms with Crippen molar-refractivity contribution in [3.05, 3.63) is 83.6 Å². The number of hydrogen-bond acceptors (Lipinski definition) is 0. The number of benzene rings is 2. The van der Waals surface area contributed by atoms with Crippen molar-refractivity contribution in [2.45, 2.75) is 61.8 Å². The third kappa shape index (κ3) is 23.4. The van der Waals surface area contributed by atoms with E-state index in [1.807, 2.05) is 50.2 Å². The molecule has 0 aliphatic rings. The molecule has 1 heteroatoms. The molecule has 0 nitrogen and oxygen atoms in total. The minimum absolute atomic E-state index is 0. The van der Waals surface area contributed by atoms with Crippen LogP contribution in [0.5, 0.6) is 0 Å². The molecular weight excluding hydrogens is 460 g/mol. The van der Waals surface area contributed by atoms with Crippen molar-refractivity contribution in [1.29, 1.82) is 0 Å². The van der Waals surface area contributed by atoms with Crippen LogP contribution in [0, 0.1) is 24.0 Å². The molecule has 0 aliphatic carbocycles. The Morgan fingerprint density at radius 3 is 1.17 bits per heavy atom. The molecule has 136 valence electrons. The molecule has 0 aliphatic heterocycles. The van der Waals surface area contributed by atoms with E-state index in [0.29, 0.717) is 0 Å². The second-order valence-electron chi connectivity index (χ2n) is 5.95. The molecule has 0 N–H and O–H groups in total. The maximum atomic E-state index is 3.20. The van der Waals surface area contributed by atoms with E-state index in [9.17, 15) is 0 Å². The quantitative estimate of drug-likeness (QED) is 0.390. The second-order valence-corrected chi connectivity index (χ2v) is 5.95. The fourth-order valence-electron chi connectivity index (χ4n) is 1.29. The van der Waals surface area contributed by atoms with Gasteiger partial charge in [-0.05, 0) is 6.42 Å². The molecule has 2 aromatic rings. The molecule has 2 aromatic carbocycles. The first kappa shape index (κ1) is 28.0. The van der Waals surface area contributed by atoms with Gasteiger partial charge < -0.3 is 11.8 Å². The van der Waals surface area contributed by atoms with Gasteiger partial charge in [0.25, 0.3) is 0 Å². The van der Waals surface area contributed by atoms with Crippen LogP contribution < -0.4 is 0 Å². The van der Waals surface area contributed by atoms with Gasteiger partial charge in [0.15, 0.2) is 0 Å². The molecule has 0 unspecified atom stereocenters. The first-order valence-corrected chi connectivity index (χ1v) is 8.36. The summed E-state index contributed by atoms with van der Waals surface area (Å²) in [5, 5.41) is 0. The van der Waals surface area contributed by atoms with Gasteiger partial charge in [-0.3, -0.25) is 0 Å². The molecule has 0 fully saturated rings. The molecule has 0 saturated carbocycles. The predicted molar refractivity (Wildman–Crippen MR) is 105 cm³/mol. The van der Waals surface area contributed by atoms with Crippen molar-refractivity contribution in [3.8, 4) is 0 Å². The fraction of sp³-hybridized carbons (Fsp3) is 0.391. The summed E-state index contributed by atoms with van der Waals surface area (Å²) in [7, 11) is 0. The van der Waals surface area contributed by atoms with E-state index in [-0.39, 0.29) is 21.1 Å². The number of rotatable bonds is 2. The summed E-state index contributed by atoms with van der Waals surface area (Å²) in [6.45, 7) is 16.5. The molecule has 0 amide bonds. The minimum atomic E-state index is 0. The van der Waals surface area contributed by atoms with Crippen LogP contribution in [0.4, 0.5) is 0 Å². The van der Waals surface area contributed by atoms with E-state index in [4.69, 9.17) is 0 Å². The van der Waals surface area contributed by atoms with Crippen molar-refractivity contribution in [2.75, 3.05) is 0 Å². The Morgan fingerprint density at radius 2 is 0.958 bits per heavy atom. The summed E-state index contributed by atoms with van der Waals surface area (Å²) in [6, 6.07) is 22.5. The Labute approximate surface area is 166 Å². The van der Waals surface area contributed by atoms with Gasteiger partial charge in [-0.1, -0.05) is 13.8 Å². The van der Waals surface area contributed by atoms with Gasteiger partial charge >= 0.3 is 0 Å². The average Bonchev–Trinajstić information content (AvgIpc) is 2.50. The molecule has 0 bridgehead atoms. The molecule has 0 heterocycles. The molecule has 0 saturated heterocycles. The second kappa shape index (κ2) is 20.2. The molecule has 24 heavy (non-hydrogen) atoms. The van der Waals surface area contributed by atoms with Crippen LogP contribution in [0.1, 0.15) is 66.5 Å². The van der Waals surface area contributed by atoms with Crippen LogP contribution in [-0.4, -0.2) is 0 Å². The fourth-order valence-corrected chi connectivity index (χ4v) is 1.29. The topological polar surface area (TPSA) is 0 Å². The predicted octanol–water partition coefficient (Wildman–Crippen LogP) is 7.14. The zero-order valence-corrected chi connectivity index (χ0v) is 19.7. The van der Waals surface area contributed by atoms with Crippen LogP contribution in [0.3, 0.4) is 0 Å². The van der Waals surface area contributed by atoms with Gasteiger partial charge in [0.05, 0.1) is 0 Å². The normalized spacial score (nSPS) is 8.58. The van der Waals surface area contributed by atoms with Crippen molar-refractivity contribution in [3.63, 3.8) is 0 Å². The molecule has 0 radical (unpaired) electrons. The van der Waals surface area contributed by atoms with Gasteiger partial charge in [-0.25, -0.2) is 0 Å². The van der Waals surface area contributed by atoms with Gasteiger partial charge in [-0.15, -0.1) is 0 Å². The first-order chi connectivity index (χ1) is 10.9.